The monoisotopic (exact) mass is 384 g/mol. The van der Waals surface area contributed by atoms with Crippen molar-refractivity contribution in [2.75, 3.05) is 25.6 Å². The Kier molecular flexibility index (Phi) is 5.53. The van der Waals surface area contributed by atoms with Crippen LogP contribution in [0.3, 0.4) is 0 Å². The lowest BCUT2D eigenvalue weighted by molar-refractivity contribution is -0.116. The number of hydrogen-bond acceptors (Lipinski definition) is 5. The standard InChI is InChI=1S/C22H28N2O4/c1-14-9-17(12-24(2)22(14)26)16-10-15-3-4-20(25)23-21(15)18(11-16)13-28-19-5-7-27-8-6-19/h9-12,19,22,26H,3-8,13H2,1-2H3,(H,23,25). The zero-order valence-corrected chi connectivity index (χ0v) is 16.5. The Morgan fingerprint density at radius 3 is 2.82 bits per heavy atom. The van der Waals surface area contributed by atoms with Crippen LogP contribution in [0.5, 0.6) is 0 Å². The Labute approximate surface area is 165 Å². The van der Waals surface area contributed by atoms with E-state index in [1.54, 1.807) is 0 Å². The molecule has 3 heterocycles. The summed E-state index contributed by atoms with van der Waals surface area (Å²) >= 11 is 0. The van der Waals surface area contributed by atoms with E-state index in [1.807, 2.05) is 31.1 Å². The van der Waals surface area contributed by atoms with Crippen molar-refractivity contribution in [3.63, 3.8) is 0 Å². The number of likely N-dealkylation sites (N-methyl/N-ethyl adjacent to an activating group) is 1. The Morgan fingerprint density at radius 1 is 1.29 bits per heavy atom. The smallest absolute Gasteiger partial charge is 0.224 e. The number of allylic oxidation sites excluding steroid dienone is 2. The zero-order valence-electron chi connectivity index (χ0n) is 16.5. The molecule has 1 unspecified atom stereocenters. The van der Waals surface area contributed by atoms with E-state index in [0.717, 1.165) is 66.0 Å². The Morgan fingerprint density at radius 2 is 2.07 bits per heavy atom. The maximum atomic E-state index is 12.0. The van der Waals surface area contributed by atoms with Gasteiger partial charge >= 0.3 is 0 Å². The largest absolute Gasteiger partial charge is 0.381 e. The lowest BCUT2D eigenvalue weighted by Crippen LogP contribution is -2.30. The summed E-state index contributed by atoms with van der Waals surface area (Å²) in [5, 5.41) is 13.2. The highest BCUT2D eigenvalue weighted by Gasteiger charge is 2.23. The average molecular weight is 384 g/mol. The molecule has 150 valence electrons. The van der Waals surface area contributed by atoms with E-state index in [1.165, 1.54) is 0 Å². The van der Waals surface area contributed by atoms with Crippen molar-refractivity contribution in [3.8, 4) is 0 Å². The van der Waals surface area contributed by atoms with Gasteiger partial charge in [0, 0.05) is 44.1 Å². The molecular weight excluding hydrogens is 356 g/mol. The number of aliphatic hydroxyl groups is 1. The summed E-state index contributed by atoms with van der Waals surface area (Å²) < 4.78 is 11.6. The predicted octanol–water partition coefficient (Wildman–Crippen LogP) is 2.82. The van der Waals surface area contributed by atoms with Gasteiger partial charge in [-0.1, -0.05) is 0 Å². The number of rotatable bonds is 4. The molecule has 1 aromatic carbocycles. The quantitative estimate of drug-likeness (QED) is 0.835. The van der Waals surface area contributed by atoms with Gasteiger partial charge in [-0.15, -0.1) is 0 Å². The second-order valence-corrected chi connectivity index (χ2v) is 7.85. The first kappa shape index (κ1) is 19.2. The molecule has 2 N–H and O–H groups in total. The third-order valence-electron chi connectivity index (χ3n) is 5.68. The van der Waals surface area contributed by atoms with Crippen molar-refractivity contribution in [2.45, 2.75) is 51.5 Å². The fraction of sp³-hybridized carbons (Fsp3) is 0.500. The van der Waals surface area contributed by atoms with Gasteiger partial charge in [0.1, 0.15) is 6.23 Å². The number of ether oxygens (including phenoxy) is 2. The van der Waals surface area contributed by atoms with Crippen molar-refractivity contribution < 1.29 is 19.4 Å². The van der Waals surface area contributed by atoms with Crippen molar-refractivity contribution in [2.24, 2.45) is 0 Å². The van der Waals surface area contributed by atoms with Gasteiger partial charge in [-0.3, -0.25) is 4.79 Å². The van der Waals surface area contributed by atoms with Crippen LogP contribution in [-0.4, -0.2) is 48.5 Å². The fourth-order valence-corrected chi connectivity index (χ4v) is 4.03. The first-order valence-corrected chi connectivity index (χ1v) is 9.96. The number of aliphatic hydroxyl groups excluding tert-OH is 1. The molecule has 6 heteroatoms. The van der Waals surface area contributed by atoms with Crippen LogP contribution in [0.4, 0.5) is 5.69 Å². The summed E-state index contributed by atoms with van der Waals surface area (Å²) in [5.74, 6) is 0.0584. The van der Waals surface area contributed by atoms with Crippen LogP contribution in [0.2, 0.25) is 0 Å². The number of anilines is 1. The Bertz CT molecular complexity index is 824. The van der Waals surface area contributed by atoms with E-state index in [2.05, 4.69) is 17.4 Å². The highest BCUT2D eigenvalue weighted by molar-refractivity contribution is 5.95. The van der Waals surface area contributed by atoms with Gasteiger partial charge in [0.2, 0.25) is 5.91 Å². The van der Waals surface area contributed by atoms with Crippen molar-refractivity contribution in [1.29, 1.82) is 0 Å². The van der Waals surface area contributed by atoms with Crippen molar-refractivity contribution in [3.05, 3.63) is 46.7 Å². The minimum absolute atomic E-state index is 0.0584. The SMILES string of the molecule is CC1=CC(c2cc3c(c(COC4CCOCC4)c2)NC(=O)CC3)=CN(C)C1O. The minimum Gasteiger partial charge on any atom is -0.381 e. The highest BCUT2D eigenvalue weighted by Crippen LogP contribution is 2.34. The molecule has 28 heavy (non-hydrogen) atoms. The van der Waals surface area contributed by atoms with Gasteiger partial charge in [-0.25, -0.2) is 0 Å². The lowest BCUT2D eigenvalue weighted by Gasteiger charge is -2.29. The lowest BCUT2D eigenvalue weighted by atomic mass is 9.92. The van der Waals surface area contributed by atoms with Crippen LogP contribution in [0, 0.1) is 0 Å². The number of aryl methyl sites for hydroxylation is 1. The van der Waals surface area contributed by atoms with E-state index < -0.39 is 6.23 Å². The number of hydrogen-bond donors (Lipinski definition) is 2. The number of benzene rings is 1. The number of fused-ring (bicyclic) bond motifs is 1. The molecule has 3 aliphatic rings. The normalized spacial score (nSPS) is 23.0. The third-order valence-corrected chi connectivity index (χ3v) is 5.68. The number of carbonyl (C=O) groups is 1. The summed E-state index contributed by atoms with van der Waals surface area (Å²) in [4.78, 5) is 13.8. The second-order valence-electron chi connectivity index (χ2n) is 7.85. The number of carbonyl (C=O) groups excluding carboxylic acids is 1. The maximum absolute atomic E-state index is 12.0. The van der Waals surface area contributed by atoms with E-state index in [0.29, 0.717) is 13.0 Å². The topological polar surface area (TPSA) is 71.0 Å². The fourth-order valence-electron chi connectivity index (χ4n) is 4.03. The van der Waals surface area contributed by atoms with E-state index in [4.69, 9.17) is 9.47 Å². The first-order valence-electron chi connectivity index (χ1n) is 9.96. The van der Waals surface area contributed by atoms with Crippen LogP contribution in [0.1, 0.15) is 42.9 Å². The van der Waals surface area contributed by atoms with E-state index >= 15 is 0 Å². The van der Waals surface area contributed by atoms with Crippen LogP contribution in [0.15, 0.2) is 30.0 Å². The molecule has 0 radical (unpaired) electrons. The second kappa shape index (κ2) is 8.07. The van der Waals surface area contributed by atoms with Gasteiger partial charge in [-0.05, 0) is 66.7 Å². The number of nitrogens with one attached hydrogen (secondary N) is 1. The zero-order chi connectivity index (χ0) is 19.7. The highest BCUT2D eigenvalue weighted by atomic mass is 16.5. The van der Waals surface area contributed by atoms with E-state index in [-0.39, 0.29) is 12.0 Å². The molecular formula is C22H28N2O4. The van der Waals surface area contributed by atoms with Gasteiger partial charge in [0.25, 0.3) is 0 Å². The van der Waals surface area contributed by atoms with Crippen LogP contribution >= 0.6 is 0 Å². The van der Waals surface area contributed by atoms with Crippen molar-refractivity contribution >= 4 is 17.2 Å². The minimum atomic E-state index is -0.586. The molecule has 4 rings (SSSR count). The van der Waals surface area contributed by atoms with Crippen LogP contribution < -0.4 is 5.32 Å². The van der Waals surface area contributed by atoms with Gasteiger partial charge < -0.3 is 24.8 Å². The molecule has 6 nitrogen and oxygen atoms in total. The molecule has 0 saturated carbocycles. The van der Waals surface area contributed by atoms with Gasteiger partial charge in [0.15, 0.2) is 0 Å². The van der Waals surface area contributed by atoms with Gasteiger partial charge in [-0.2, -0.15) is 0 Å². The van der Waals surface area contributed by atoms with Crippen LogP contribution in [0.25, 0.3) is 5.57 Å². The number of amides is 1. The van der Waals surface area contributed by atoms with Crippen LogP contribution in [-0.2, 0) is 27.3 Å². The molecule has 1 aromatic rings. The van der Waals surface area contributed by atoms with E-state index in [9.17, 15) is 9.90 Å². The summed E-state index contributed by atoms with van der Waals surface area (Å²) in [5.41, 5.74) is 6.09. The molecule has 1 amide bonds. The van der Waals surface area contributed by atoms with Gasteiger partial charge in [0.05, 0.1) is 12.7 Å². The summed E-state index contributed by atoms with van der Waals surface area (Å²) in [6, 6.07) is 4.25. The molecule has 0 bridgehead atoms. The molecule has 0 aliphatic carbocycles. The Balaban J connectivity index is 1.65. The number of nitrogens with zero attached hydrogens (tertiary/aromatic N) is 1. The molecule has 0 spiro atoms. The van der Waals surface area contributed by atoms with Crippen molar-refractivity contribution in [1.82, 2.24) is 4.90 Å². The predicted molar refractivity (Wildman–Crippen MR) is 108 cm³/mol. The Hall–Kier alpha value is -2.15. The molecule has 0 aromatic heterocycles. The summed E-state index contributed by atoms with van der Waals surface area (Å²) in [7, 11) is 1.87. The summed E-state index contributed by atoms with van der Waals surface area (Å²) in [6.45, 7) is 3.88. The molecule has 1 fully saturated rings. The third kappa shape index (κ3) is 3.99. The first-order chi connectivity index (χ1) is 13.5. The maximum Gasteiger partial charge on any atom is 0.224 e. The summed E-state index contributed by atoms with van der Waals surface area (Å²) in [6.07, 6.45) is 6.65. The molecule has 3 aliphatic heterocycles. The molecule has 1 atom stereocenters. The molecule has 1 saturated heterocycles. The average Bonchev–Trinajstić information content (AvgIpc) is 2.70.